The number of ether oxygens (including phenoxy) is 1. The molecule has 5 atom stereocenters. The molecule has 0 aromatic carbocycles. The molecule has 0 spiro atoms. The second kappa shape index (κ2) is 12.0. The van der Waals surface area contributed by atoms with E-state index >= 15 is 0 Å². The molecule has 0 bridgehead atoms. The molecular weight excluding hydrogens is 360 g/mol. The smallest absolute Gasteiger partial charge is 0.326 e. The van der Waals surface area contributed by atoms with Gasteiger partial charge in [0.2, 0.25) is 5.91 Å². The van der Waals surface area contributed by atoms with Crippen molar-refractivity contribution >= 4 is 17.8 Å². The van der Waals surface area contributed by atoms with Crippen LogP contribution in [0.2, 0.25) is 0 Å². The first-order valence-corrected chi connectivity index (χ1v) is 9.88. The minimum atomic E-state index is -0.935. The zero-order valence-electron chi connectivity index (χ0n) is 16.1. The van der Waals surface area contributed by atoms with Crippen molar-refractivity contribution in [3.63, 3.8) is 0 Å². The van der Waals surface area contributed by atoms with Crippen molar-refractivity contribution in [1.29, 1.82) is 0 Å². The Morgan fingerprint density at radius 2 is 1.82 bits per heavy atom. The lowest BCUT2D eigenvalue weighted by Gasteiger charge is -2.35. The fourth-order valence-electron chi connectivity index (χ4n) is 4.39. The monoisotopic (exact) mass is 400 g/mol. The number of carbonyl (C=O) groups is 3. The summed E-state index contributed by atoms with van der Waals surface area (Å²) in [4.78, 5) is 38.5. The summed E-state index contributed by atoms with van der Waals surface area (Å²) in [6.07, 6.45) is 5.87. The van der Waals surface area contributed by atoms with Gasteiger partial charge in [0.05, 0.1) is 12.6 Å². The fourth-order valence-corrected chi connectivity index (χ4v) is 4.39. The molecule has 7 nitrogen and oxygen atoms in total. The molecular formula is C21H40N2O5. The number of aliphatic carboxylic acids is 1. The summed E-state index contributed by atoms with van der Waals surface area (Å²) in [6.45, 7) is 5.72. The number of nitrogens with one attached hydrogen (secondary N) is 1. The van der Waals surface area contributed by atoms with Crippen molar-refractivity contribution in [2.75, 3.05) is 6.61 Å². The summed E-state index contributed by atoms with van der Waals surface area (Å²) in [5.41, 5.74) is 0. The highest BCUT2D eigenvalue weighted by atomic mass is 16.5. The lowest BCUT2D eigenvalue weighted by Crippen LogP contribution is -2.55. The van der Waals surface area contributed by atoms with Crippen LogP contribution in [0.25, 0.3) is 0 Å². The first-order chi connectivity index (χ1) is 12.4. The largest absolute Gasteiger partial charge is 0.480 e. The number of esters is 1. The van der Waals surface area contributed by atoms with E-state index in [4.69, 9.17) is 4.74 Å². The van der Waals surface area contributed by atoms with E-state index < -0.39 is 24.1 Å². The second-order valence-corrected chi connectivity index (χ2v) is 7.43. The summed E-state index contributed by atoms with van der Waals surface area (Å²) in [6, 6.07) is -1.92. The fraction of sp³-hybridized carbons (Fsp3) is 0.857. The Labute approximate surface area is 170 Å². The van der Waals surface area contributed by atoms with Crippen molar-refractivity contribution in [3.05, 3.63) is 0 Å². The molecule has 1 aliphatic carbocycles. The lowest BCUT2D eigenvalue weighted by atomic mass is 9.84. The molecule has 2 aliphatic rings. The molecule has 164 valence electrons. The molecule has 1 aliphatic heterocycles. The third kappa shape index (κ3) is 5.93. The van der Waals surface area contributed by atoms with Crippen molar-refractivity contribution < 1.29 is 24.2 Å². The van der Waals surface area contributed by atoms with Gasteiger partial charge in [-0.25, -0.2) is 4.79 Å². The van der Waals surface area contributed by atoms with Gasteiger partial charge in [-0.15, -0.1) is 0 Å². The summed E-state index contributed by atoms with van der Waals surface area (Å²) in [5, 5.41) is 12.7. The van der Waals surface area contributed by atoms with E-state index in [2.05, 4.69) is 5.32 Å². The third-order valence-corrected chi connectivity index (χ3v) is 5.60. The standard InChI is InChI=1S/C19H32N2O5.2CH4/c1-4-8-14(19(25)26-5-2)20-12(3)17(22)21-15-10-7-6-9-13(15)11-16(21)18(23)24;;/h12-16,20H,4-11H2,1-3H3,(H,23,24);2*1H4/t12-,13-,14-,15-,16-;;/m0../s1. The molecule has 0 unspecified atom stereocenters. The Morgan fingerprint density at radius 3 is 2.39 bits per heavy atom. The first-order valence-electron chi connectivity index (χ1n) is 9.88. The number of nitrogens with zero attached hydrogens (tertiary/aromatic N) is 1. The highest BCUT2D eigenvalue weighted by Gasteiger charge is 2.48. The predicted octanol–water partition coefficient (Wildman–Crippen LogP) is 3.21. The molecule has 1 saturated carbocycles. The quantitative estimate of drug-likeness (QED) is 0.608. The predicted molar refractivity (Wildman–Crippen MR) is 110 cm³/mol. The van der Waals surface area contributed by atoms with Gasteiger partial charge in [-0.05, 0) is 45.4 Å². The Kier molecular flexibility index (Phi) is 11.3. The number of likely N-dealkylation sites (tertiary alicyclic amines) is 1. The molecule has 2 N–H and O–H groups in total. The maximum atomic E-state index is 13.1. The van der Waals surface area contributed by atoms with Crippen LogP contribution in [0.5, 0.6) is 0 Å². The summed E-state index contributed by atoms with van der Waals surface area (Å²) < 4.78 is 5.09. The van der Waals surface area contributed by atoms with Crippen LogP contribution in [0.1, 0.15) is 80.6 Å². The van der Waals surface area contributed by atoms with Gasteiger partial charge in [0.15, 0.2) is 0 Å². The Bertz CT molecular complexity index is 525. The second-order valence-electron chi connectivity index (χ2n) is 7.43. The molecule has 28 heavy (non-hydrogen) atoms. The number of hydrogen-bond donors (Lipinski definition) is 2. The van der Waals surface area contributed by atoms with Gasteiger partial charge in [-0.2, -0.15) is 0 Å². The average Bonchev–Trinajstić information content (AvgIpc) is 3.00. The third-order valence-electron chi connectivity index (χ3n) is 5.60. The SMILES string of the molecule is C.C.CCC[C@H](N[C@@H](C)C(=O)N1[C@H](C(=O)O)C[C@@H]2CCCC[C@@H]21)C(=O)OCC. The minimum Gasteiger partial charge on any atom is -0.480 e. The van der Waals surface area contributed by atoms with E-state index in [0.29, 0.717) is 19.4 Å². The maximum Gasteiger partial charge on any atom is 0.326 e. The van der Waals surface area contributed by atoms with Gasteiger partial charge in [-0.3, -0.25) is 14.9 Å². The van der Waals surface area contributed by atoms with Gasteiger partial charge < -0.3 is 14.7 Å². The van der Waals surface area contributed by atoms with Crippen molar-refractivity contribution in [2.24, 2.45) is 5.92 Å². The van der Waals surface area contributed by atoms with Crippen molar-refractivity contribution in [3.8, 4) is 0 Å². The number of carbonyl (C=O) groups excluding carboxylic acids is 2. The van der Waals surface area contributed by atoms with Crippen molar-refractivity contribution in [1.82, 2.24) is 10.2 Å². The number of carboxylic acids is 1. The highest BCUT2D eigenvalue weighted by molar-refractivity contribution is 5.88. The lowest BCUT2D eigenvalue weighted by molar-refractivity contribution is -0.152. The zero-order valence-corrected chi connectivity index (χ0v) is 16.1. The molecule has 7 heteroatoms. The number of rotatable bonds is 8. The molecule has 0 aromatic heterocycles. The maximum absolute atomic E-state index is 13.1. The molecule has 1 heterocycles. The van der Waals surface area contributed by atoms with Crippen molar-refractivity contribution in [2.45, 2.75) is 105 Å². The van der Waals surface area contributed by atoms with Crippen LogP contribution >= 0.6 is 0 Å². The molecule has 2 rings (SSSR count). The van der Waals surface area contributed by atoms with Crippen LogP contribution in [0, 0.1) is 5.92 Å². The van der Waals surface area contributed by atoms with E-state index in [9.17, 15) is 19.5 Å². The van der Waals surface area contributed by atoms with E-state index in [-0.39, 0.29) is 38.7 Å². The number of hydrogen-bond acceptors (Lipinski definition) is 5. The van der Waals surface area contributed by atoms with Crippen LogP contribution < -0.4 is 5.32 Å². The van der Waals surface area contributed by atoms with Crippen LogP contribution in [0.15, 0.2) is 0 Å². The van der Waals surface area contributed by atoms with Gasteiger partial charge >= 0.3 is 11.9 Å². The van der Waals surface area contributed by atoms with Gasteiger partial charge in [-0.1, -0.05) is 41.0 Å². The number of carboxylic acid groups (broad SMARTS) is 1. The normalized spacial score (nSPS) is 25.5. The number of fused-ring (bicyclic) bond motifs is 1. The van der Waals surface area contributed by atoms with E-state index in [1.165, 1.54) is 0 Å². The Hall–Kier alpha value is -1.63. The number of amides is 1. The molecule has 1 saturated heterocycles. The summed E-state index contributed by atoms with van der Waals surface area (Å²) in [7, 11) is 0. The van der Waals surface area contributed by atoms with Crippen LogP contribution in [0.3, 0.4) is 0 Å². The summed E-state index contributed by atoms with van der Waals surface area (Å²) >= 11 is 0. The molecule has 0 aromatic rings. The molecule has 0 radical (unpaired) electrons. The van der Waals surface area contributed by atoms with E-state index in [1.54, 1.807) is 18.7 Å². The summed E-state index contributed by atoms with van der Waals surface area (Å²) in [5.74, 6) is -1.24. The van der Waals surface area contributed by atoms with Crippen LogP contribution in [-0.2, 0) is 19.1 Å². The Morgan fingerprint density at radius 1 is 1.18 bits per heavy atom. The first kappa shape index (κ1) is 26.4. The van der Waals surface area contributed by atoms with E-state index in [0.717, 1.165) is 32.1 Å². The van der Waals surface area contributed by atoms with Crippen LogP contribution in [0.4, 0.5) is 0 Å². The average molecular weight is 401 g/mol. The topological polar surface area (TPSA) is 95.9 Å². The zero-order chi connectivity index (χ0) is 19.3. The highest BCUT2D eigenvalue weighted by Crippen LogP contribution is 2.40. The minimum absolute atomic E-state index is 0. The van der Waals surface area contributed by atoms with Crippen LogP contribution in [-0.4, -0.2) is 58.6 Å². The van der Waals surface area contributed by atoms with Gasteiger partial charge in [0.1, 0.15) is 12.1 Å². The van der Waals surface area contributed by atoms with E-state index in [1.807, 2.05) is 6.92 Å². The Balaban J connectivity index is 0.00000364. The van der Waals surface area contributed by atoms with Gasteiger partial charge in [0.25, 0.3) is 0 Å². The molecule has 1 amide bonds. The van der Waals surface area contributed by atoms with Gasteiger partial charge in [0, 0.05) is 6.04 Å². The molecule has 2 fully saturated rings.